The van der Waals surface area contributed by atoms with Crippen LogP contribution in [0.25, 0.3) is 0 Å². The summed E-state index contributed by atoms with van der Waals surface area (Å²) < 4.78 is 10.8. The molecule has 0 spiro atoms. The van der Waals surface area contributed by atoms with Crippen molar-refractivity contribution in [3.8, 4) is 5.75 Å². The fourth-order valence-electron chi connectivity index (χ4n) is 2.59. The first-order chi connectivity index (χ1) is 12.3. The minimum Gasteiger partial charge on any atom is -0.481 e. The number of amides is 1. The smallest absolute Gasteiger partial charge is 0.338 e. The van der Waals surface area contributed by atoms with Gasteiger partial charge in [0, 0.05) is 5.69 Å². The van der Waals surface area contributed by atoms with Crippen LogP contribution in [-0.4, -0.2) is 24.6 Å². The van der Waals surface area contributed by atoms with Crippen LogP contribution in [0.1, 0.15) is 40.9 Å². The lowest BCUT2D eigenvalue weighted by atomic mass is 10.1. The Morgan fingerprint density at radius 1 is 1.04 bits per heavy atom. The Labute approximate surface area is 154 Å². The van der Waals surface area contributed by atoms with Crippen molar-refractivity contribution in [3.63, 3.8) is 0 Å². The molecule has 5 nitrogen and oxygen atoms in total. The van der Waals surface area contributed by atoms with Crippen molar-refractivity contribution in [2.75, 3.05) is 11.9 Å². The molecule has 0 saturated carbocycles. The number of aryl methyl sites for hydroxylation is 3. The van der Waals surface area contributed by atoms with Gasteiger partial charge in [-0.3, -0.25) is 4.79 Å². The normalized spacial score (nSPS) is 11.6. The van der Waals surface area contributed by atoms with Gasteiger partial charge in [-0.1, -0.05) is 12.1 Å². The monoisotopic (exact) mass is 355 g/mol. The van der Waals surface area contributed by atoms with Crippen LogP contribution in [0.5, 0.6) is 5.75 Å². The summed E-state index contributed by atoms with van der Waals surface area (Å²) in [4.78, 5) is 24.4. The summed E-state index contributed by atoms with van der Waals surface area (Å²) in [6.07, 6.45) is -0.679. The molecule has 1 atom stereocenters. The lowest BCUT2D eigenvalue weighted by molar-refractivity contribution is -0.122. The highest BCUT2D eigenvalue weighted by Crippen LogP contribution is 2.20. The van der Waals surface area contributed by atoms with Gasteiger partial charge in [-0.25, -0.2) is 4.79 Å². The van der Waals surface area contributed by atoms with E-state index in [1.54, 1.807) is 32.0 Å². The van der Waals surface area contributed by atoms with E-state index in [0.717, 1.165) is 16.7 Å². The van der Waals surface area contributed by atoms with E-state index < -0.39 is 12.1 Å². The van der Waals surface area contributed by atoms with Crippen LogP contribution in [0.4, 0.5) is 5.69 Å². The van der Waals surface area contributed by atoms with Crippen molar-refractivity contribution >= 4 is 17.6 Å². The van der Waals surface area contributed by atoms with Crippen LogP contribution >= 0.6 is 0 Å². The van der Waals surface area contributed by atoms with Gasteiger partial charge in [-0.05, 0) is 75.6 Å². The van der Waals surface area contributed by atoms with Gasteiger partial charge < -0.3 is 14.8 Å². The van der Waals surface area contributed by atoms with Crippen LogP contribution in [0.15, 0.2) is 36.4 Å². The highest BCUT2D eigenvalue weighted by Gasteiger charge is 2.17. The van der Waals surface area contributed by atoms with Crippen molar-refractivity contribution in [2.24, 2.45) is 0 Å². The zero-order chi connectivity index (χ0) is 19.3. The zero-order valence-corrected chi connectivity index (χ0v) is 15.9. The number of carbonyl (C=O) groups excluding carboxylic acids is 2. The number of nitrogens with one attached hydrogen (secondary N) is 1. The predicted octanol–water partition coefficient (Wildman–Crippen LogP) is 4.19. The molecule has 2 rings (SSSR count). The van der Waals surface area contributed by atoms with Crippen molar-refractivity contribution in [3.05, 3.63) is 58.7 Å². The number of carbonyl (C=O) groups is 2. The summed E-state index contributed by atoms with van der Waals surface area (Å²) in [5.74, 6) is -0.0436. The summed E-state index contributed by atoms with van der Waals surface area (Å²) in [5.41, 5.74) is 3.97. The van der Waals surface area contributed by atoms with Gasteiger partial charge in [0.1, 0.15) is 5.75 Å². The van der Waals surface area contributed by atoms with Gasteiger partial charge in [0.2, 0.25) is 0 Å². The Hall–Kier alpha value is -2.82. The van der Waals surface area contributed by atoms with Gasteiger partial charge in [0.25, 0.3) is 5.91 Å². The first-order valence-electron chi connectivity index (χ1n) is 8.63. The second-order valence-electron chi connectivity index (χ2n) is 6.32. The number of rotatable bonds is 6. The maximum atomic E-state index is 12.5. The van der Waals surface area contributed by atoms with E-state index in [4.69, 9.17) is 9.47 Å². The zero-order valence-electron chi connectivity index (χ0n) is 15.9. The SMILES string of the molecule is CCOC(=O)c1ccc(C)c(NC(=O)C(C)Oc2cc(C)cc(C)c2)c1. The van der Waals surface area contributed by atoms with Gasteiger partial charge in [-0.15, -0.1) is 0 Å². The van der Waals surface area contributed by atoms with Crippen LogP contribution in [0.2, 0.25) is 0 Å². The average Bonchev–Trinajstić information content (AvgIpc) is 2.55. The highest BCUT2D eigenvalue weighted by atomic mass is 16.5. The molecule has 26 heavy (non-hydrogen) atoms. The van der Waals surface area contributed by atoms with E-state index >= 15 is 0 Å². The van der Waals surface area contributed by atoms with E-state index in [1.807, 2.05) is 39.0 Å². The fourth-order valence-corrected chi connectivity index (χ4v) is 2.59. The third-order valence-electron chi connectivity index (χ3n) is 3.88. The number of hydrogen-bond donors (Lipinski definition) is 1. The van der Waals surface area contributed by atoms with E-state index in [0.29, 0.717) is 23.6 Å². The molecule has 0 heterocycles. The second-order valence-corrected chi connectivity index (χ2v) is 6.32. The summed E-state index contributed by atoms with van der Waals surface area (Å²) >= 11 is 0. The summed E-state index contributed by atoms with van der Waals surface area (Å²) in [6.45, 7) is 9.57. The largest absolute Gasteiger partial charge is 0.481 e. The summed E-state index contributed by atoms with van der Waals surface area (Å²) in [7, 11) is 0. The Morgan fingerprint density at radius 3 is 2.31 bits per heavy atom. The Kier molecular flexibility index (Phi) is 6.39. The molecular formula is C21H25NO4. The Balaban J connectivity index is 2.10. The molecule has 0 aliphatic rings. The van der Waals surface area contributed by atoms with E-state index in [1.165, 1.54) is 0 Å². The van der Waals surface area contributed by atoms with Crippen molar-refractivity contribution in [2.45, 2.75) is 40.7 Å². The first-order valence-corrected chi connectivity index (χ1v) is 8.63. The average molecular weight is 355 g/mol. The molecule has 0 radical (unpaired) electrons. The molecule has 1 N–H and O–H groups in total. The third kappa shape index (κ3) is 5.09. The molecule has 5 heteroatoms. The number of ether oxygens (including phenoxy) is 2. The topological polar surface area (TPSA) is 64.6 Å². The molecule has 0 fully saturated rings. The van der Waals surface area contributed by atoms with Crippen LogP contribution < -0.4 is 10.1 Å². The Morgan fingerprint density at radius 2 is 1.69 bits per heavy atom. The van der Waals surface area contributed by atoms with E-state index in [2.05, 4.69) is 5.32 Å². The lowest BCUT2D eigenvalue weighted by Gasteiger charge is -2.17. The van der Waals surface area contributed by atoms with E-state index in [-0.39, 0.29) is 5.91 Å². The molecular weight excluding hydrogens is 330 g/mol. The molecule has 0 aromatic heterocycles. The van der Waals surface area contributed by atoms with Gasteiger partial charge in [-0.2, -0.15) is 0 Å². The molecule has 1 amide bonds. The van der Waals surface area contributed by atoms with Crippen molar-refractivity contribution in [1.82, 2.24) is 0 Å². The summed E-state index contributed by atoms with van der Waals surface area (Å²) in [5, 5.41) is 2.83. The van der Waals surface area contributed by atoms with Crippen LogP contribution in [0, 0.1) is 20.8 Å². The van der Waals surface area contributed by atoms with Crippen molar-refractivity contribution < 1.29 is 19.1 Å². The second kappa shape index (κ2) is 8.52. The first kappa shape index (κ1) is 19.5. The van der Waals surface area contributed by atoms with Crippen LogP contribution in [0.3, 0.4) is 0 Å². The predicted molar refractivity (Wildman–Crippen MR) is 102 cm³/mol. The maximum Gasteiger partial charge on any atom is 0.338 e. The molecule has 0 saturated heterocycles. The molecule has 2 aromatic rings. The van der Waals surface area contributed by atoms with Gasteiger partial charge >= 0.3 is 5.97 Å². The van der Waals surface area contributed by atoms with E-state index in [9.17, 15) is 9.59 Å². The minimum atomic E-state index is -0.679. The molecule has 138 valence electrons. The Bertz CT molecular complexity index is 793. The highest BCUT2D eigenvalue weighted by molar-refractivity contribution is 5.97. The molecule has 2 aromatic carbocycles. The fraction of sp³-hybridized carbons (Fsp3) is 0.333. The number of benzene rings is 2. The summed E-state index contributed by atoms with van der Waals surface area (Å²) in [6, 6.07) is 10.9. The van der Waals surface area contributed by atoms with Gasteiger partial charge in [0.05, 0.1) is 12.2 Å². The standard InChI is InChI=1S/C21H25NO4/c1-6-25-21(24)17-8-7-15(4)19(12-17)22-20(23)16(5)26-18-10-13(2)9-14(3)11-18/h7-12,16H,6H2,1-5H3,(H,22,23). The number of esters is 1. The minimum absolute atomic E-state index is 0.284. The third-order valence-corrected chi connectivity index (χ3v) is 3.88. The number of anilines is 1. The molecule has 0 aliphatic carbocycles. The maximum absolute atomic E-state index is 12.5. The van der Waals surface area contributed by atoms with Gasteiger partial charge in [0.15, 0.2) is 6.10 Å². The molecule has 1 unspecified atom stereocenters. The molecule has 0 aliphatic heterocycles. The van der Waals surface area contributed by atoms with Crippen LogP contribution in [-0.2, 0) is 9.53 Å². The number of hydrogen-bond acceptors (Lipinski definition) is 4. The molecule has 0 bridgehead atoms. The quantitative estimate of drug-likeness (QED) is 0.789. The lowest BCUT2D eigenvalue weighted by Crippen LogP contribution is -2.30. The van der Waals surface area contributed by atoms with Crippen molar-refractivity contribution in [1.29, 1.82) is 0 Å².